The molecule has 0 N–H and O–H groups in total. The molecule has 2 heterocycles. The zero-order chi connectivity index (χ0) is 18.4. The molecule has 1 fully saturated rings. The highest BCUT2D eigenvalue weighted by molar-refractivity contribution is 8.01. The van der Waals surface area contributed by atoms with E-state index in [0.29, 0.717) is 20.9 Å². The molecule has 1 aliphatic rings. The molecule has 1 aliphatic heterocycles. The molecule has 132 valence electrons. The van der Waals surface area contributed by atoms with Crippen molar-refractivity contribution in [3.63, 3.8) is 0 Å². The van der Waals surface area contributed by atoms with Gasteiger partial charge in [0.2, 0.25) is 5.91 Å². The Labute approximate surface area is 170 Å². The molecule has 2 atom stereocenters. The first kappa shape index (κ1) is 17.9. The van der Waals surface area contributed by atoms with Crippen molar-refractivity contribution in [2.75, 3.05) is 4.90 Å². The van der Waals surface area contributed by atoms with Gasteiger partial charge in [-0.15, -0.1) is 11.8 Å². The number of amides is 1. The van der Waals surface area contributed by atoms with Crippen molar-refractivity contribution in [1.82, 2.24) is 4.98 Å². The average Bonchev–Trinajstić information content (AvgIpc) is 2.90. The van der Waals surface area contributed by atoms with Crippen LogP contribution in [0.5, 0.6) is 0 Å². The topological polar surface area (TPSA) is 33.2 Å². The van der Waals surface area contributed by atoms with Gasteiger partial charge in [0.25, 0.3) is 0 Å². The second kappa shape index (κ2) is 6.93. The number of carbonyl (C=O) groups is 1. The molecule has 7 heteroatoms. The van der Waals surface area contributed by atoms with E-state index < -0.39 is 0 Å². The second-order valence-electron chi connectivity index (χ2n) is 5.97. The van der Waals surface area contributed by atoms with Gasteiger partial charge in [-0.1, -0.05) is 59.1 Å². The molecule has 0 aliphatic carbocycles. The van der Waals surface area contributed by atoms with Crippen LogP contribution in [0.3, 0.4) is 0 Å². The average molecular weight is 424 g/mol. The van der Waals surface area contributed by atoms with E-state index in [0.717, 1.165) is 16.5 Å². The lowest BCUT2D eigenvalue weighted by molar-refractivity contribution is -0.117. The van der Waals surface area contributed by atoms with Crippen LogP contribution in [0, 0.1) is 0 Å². The zero-order valence-electron chi connectivity index (χ0n) is 13.6. The first-order chi connectivity index (χ1) is 12.5. The highest BCUT2D eigenvalue weighted by Gasteiger charge is 2.42. The Morgan fingerprint density at radius 2 is 1.73 bits per heavy atom. The Balaban J connectivity index is 1.89. The van der Waals surface area contributed by atoms with Crippen molar-refractivity contribution >= 4 is 69.1 Å². The number of aromatic nitrogens is 1. The number of thioether (sulfide) groups is 1. The largest absolute Gasteiger partial charge is 0.292 e. The van der Waals surface area contributed by atoms with Crippen LogP contribution in [0.2, 0.25) is 15.2 Å². The van der Waals surface area contributed by atoms with Gasteiger partial charge >= 0.3 is 0 Å². The summed E-state index contributed by atoms with van der Waals surface area (Å²) in [6.07, 6.45) is 0. The zero-order valence-corrected chi connectivity index (χ0v) is 16.7. The number of rotatable bonds is 2. The number of benzene rings is 2. The van der Waals surface area contributed by atoms with Gasteiger partial charge in [0.05, 0.1) is 26.5 Å². The van der Waals surface area contributed by atoms with E-state index in [4.69, 9.17) is 34.8 Å². The fraction of sp³-hybridized carbons (Fsp3) is 0.158. The van der Waals surface area contributed by atoms with E-state index in [1.807, 2.05) is 37.3 Å². The van der Waals surface area contributed by atoms with Crippen molar-refractivity contribution < 1.29 is 4.79 Å². The van der Waals surface area contributed by atoms with Gasteiger partial charge in [-0.3, -0.25) is 9.69 Å². The van der Waals surface area contributed by atoms with E-state index in [1.54, 1.807) is 23.1 Å². The Hall–Kier alpha value is -1.46. The molecule has 0 radical (unpaired) electrons. The molecule has 4 rings (SSSR count). The second-order valence-corrected chi connectivity index (χ2v) is 8.57. The smallest absolute Gasteiger partial charge is 0.241 e. The van der Waals surface area contributed by atoms with Gasteiger partial charge < -0.3 is 0 Å². The summed E-state index contributed by atoms with van der Waals surface area (Å²) in [5.74, 6) is -0.0563. The molecular formula is C19H13Cl3N2OS. The van der Waals surface area contributed by atoms with Crippen LogP contribution in [0.25, 0.3) is 10.9 Å². The summed E-state index contributed by atoms with van der Waals surface area (Å²) in [4.78, 5) is 19.0. The van der Waals surface area contributed by atoms with Gasteiger partial charge in [0, 0.05) is 10.9 Å². The molecule has 1 saturated heterocycles. The van der Waals surface area contributed by atoms with Crippen molar-refractivity contribution in [1.29, 1.82) is 0 Å². The highest BCUT2D eigenvalue weighted by atomic mass is 35.5. The SMILES string of the molecule is CC1SC(c2cc3ccccc3nc2Cl)N(c2c(Cl)cccc2Cl)C1=O. The summed E-state index contributed by atoms with van der Waals surface area (Å²) < 4.78 is 0. The van der Waals surface area contributed by atoms with Crippen LogP contribution in [0.1, 0.15) is 17.9 Å². The molecule has 26 heavy (non-hydrogen) atoms. The normalized spacial score (nSPS) is 20.2. The summed E-state index contributed by atoms with van der Waals surface area (Å²) in [5.41, 5.74) is 2.09. The maximum absolute atomic E-state index is 12.9. The van der Waals surface area contributed by atoms with E-state index in [9.17, 15) is 4.79 Å². The number of hydrogen-bond donors (Lipinski definition) is 0. The Kier molecular flexibility index (Phi) is 4.78. The predicted octanol–water partition coefficient (Wildman–Crippen LogP) is 6.36. The van der Waals surface area contributed by atoms with Crippen molar-refractivity contribution in [3.8, 4) is 0 Å². The molecule has 2 aromatic carbocycles. The van der Waals surface area contributed by atoms with Crippen LogP contribution >= 0.6 is 46.6 Å². The number of pyridine rings is 1. The lowest BCUT2D eigenvalue weighted by atomic mass is 10.1. The van der Waals surface area contributed by atoms with E-state index >= 15 is 0 Å². The molecule has 2 unspecified atom stereocenters. The highest BCUT2D eigenvalue weighted by Crippen LogP contribution is 2.50. The number of hydrogen-bond acceptors (Lipinski definition) is 3. The summed E-state index contributed by atoms with van der Waals surface area (Å²) in [6.45, 7) is 1.87. The third-order valence-corrected chi connectivity index (χ3v) is 6.55. The number of carbonyl (C=O) groups excluding carboxylic acids is 1. The summed E-state index contributed by atoms with van der Waals surface area (Å²) in [6, 6.07) is 14.9. The Morgan fingerprint density at radius 3 is 2.46 bits per heavy atom. The Bertz CT molecular complexity index is 1010. The fourth-order valence-electron chi connectivity index (χ4n) is 3.06. The first-order valence-corrected chi connectivity index (χ1v) is 10.0. The fourth-order valence-corrected chi connectivity index (χ4v) is 5.23. The lowest BCUT2D eigenvalue weighted by Crippen LogP contribution is -2.30. The number of fused-ring (bicyclic) bond motifs is 1. The van der Waals surface area contributed by atoms with Crippen molar-refractivity contribution in [3.05, 3.63) is 69.3 Å². The molecule has 1 amide bonds. The maximum atomic E-state index is 12.9. The van der Waals surface area contributed by atoms with Crippen molar-refractivity contribution in [2.24, 2.45) is 0 Å². The van der Waals surface area contributed by atoms with Crippen LogP contribution in [-0.4, -0.2) is 16.1 Å². The minimum Gasteiger partial charge on any atom is -0.292 e. The van der Waals surface area contributed by atoms with E-state index in [2.05, 4.69) is 4.98 Å². The van der Waals surface area contributed by atoms with E-state index in [1.165, 1.54) is 11.8 Å². The first-order valence-electron chi connectivity index (χ1n) is 7.95. The van der Waals surface area contributed by atoms with Gasteiger partial charge in [-0.05, 0) is 31.2 Å². The maximum Gasteiger partial charge on any atom is 0.241 e. The lowest BCUT2D eigenvalue weighted by Gasteiger charge is -2.26. The molecule has 0 saturated carbocycles. The van der Waals surface area contributed by atoms with Gasteiger partial charge in [0.1, 0.15) is 10.5 Å². The van der Waals surface area contributed by atoms with Crippen LogP contribution in [-0.2, 0) is 4.79 Å². The molecule has 0 bridgehead atoms. The standard InChI is InChI=1S/C19H13Cl3N2OS/c1-10-18(25)24(16-13(20)6-4-7-14(16)21)19(26-10)12-9-11-5-2-3-8-15(11)23-17(12)22/h2-10,19H,1H3. The minimum atomic E-state index is -0.348. The third-order valence-electron chi connectivity index (χ3n) is 4.30. The van der Waals surface area contributed by atoms with Crippen molar-refractivity contribution in [2.45, 2.75) is 17.5 Å². The number of anilines is 1. The molecule has 3 nitrogen and oxygen atoms in total. The predicted molar refractivity (Wildman–Crippen MR) is 110 cm³/mol. The van der Waals surface area contributed by atoms with Gasteiger partial charge in [0.15, 0.2) is 0 Å². The minimum absolute atomic E-state index is 0.0563. The van der Waals surface area contributed by atoms with Crippen LogP contribution in [0.15, 0.2) is 48.5 Å². The van der Waals surface area contributed by atoms with E-state index in [-0.39, 0.29) is 16.5 Å². The quantitative estimate of drug-likeness (QED) is 0.449. The monoisotopic (exact) mass is 422 g/mol. The molecular weight excluding hydrogens is 411 g/mol. The molecule has 3 aromatic rings. The number of nitrogens with zero attached hydrogens (tertiary/aromatic N) is 2. The Morgan fingerprint density at radius 1 is 1.04 bits per heavy atom. The van der Waals surface area contributed by atoms with Crippen LogP contribution in [0.4, 0.5) is 5.69 Å². The van der Waals surface area contributed by atoms with Gasteiger partial charge in [-0.25, -0.2) is 4.98 Å². The third kappa shape index (κ3) is 2.95. The summed E-state index contributed by atoms with van der Waals surface area (Å²) in [5, 5.41) is 1.60. The molecule has 0 spiro atoms. The molecule has 1 aromatic heterocycles. The number of para-hydroxylation sites is 2. The number of halogens is 3. The summed E-state index contributed by atoms with van der Waals surface area (Å²) >= 11 is 20.7. The van der Waals surface area contributed by atoms with Gasteiger partial charge in [-0.2, -0.15) is 0 Å². The summed E-state index contributed by atoms with van der Waals surface area (Å²) in [7, 11) is 0. The van der Waals surface area contributed by atoms with Crippen LogP contribution < -0.4 is 4.90 Å².